The second kappa shape index (κ2) is 8.67. The summed E-state index contributed by atoms with van der Waals surface area (Å²) in [5.41, 5.74) is 0.733. The third-order valence-corrected chi connectivity index (χ3v) is 5.18. The molecular weight excluding hydrogens is 348 g/mol. The summed E-state index contributed by atoms with van der Waals surface area (Å²) in [6.07, 6.45) is 5.96. The Morgan fingerprint density at radius 1 is 1.15 bits per heavy atom. The van der Waals surface area contributed by atoms with Gasteiger partial charge >= 0.3 is 0 Å². The average molecular weight is 370 g/mol. The largest absolute Gasteiger partial charge is 0.497 e. The molecule has 1 saturated carbocycles. The lowest BCUT2D eigenvalue weighted by molar-refractivity contribution is -0.118. The molecule has 1 aromatic carbocycles. The lowest BCUT2D eigenvalue weighted by atomic mass is 10.2. The molecule has 1 aliphatic carbocycles. The van der Waals surface area contributed by atoms with Gasteiger partial charge in [0.05, 0.1) is 7.11 Å². The number of hydrogen-bond donors (Lipinski definition) is 2. The second-order valence-electron chi connectivity index (χ2n) is 6.21. The highest BCUT2D eigenvalue weighted by Gasteiger charge is 2.21. The van der Waals surface area contributed by atoms with Crippen molar-refractivity contribution in [2.75, 3.05) is 7.11 Å². The topological polar surface area (TPSA) is 67.4 Å². The zero-order valence-corrected chi connectivity index (χ0v) is 15.5. The highest BCUT2D eigenvalue weighted by molar-refractivity contribution is 7.10. The SMILES string of the molecule is COc1ccc(C(=O)N/C(=C\c2cccs2)C(=O)NC2CCCC2)cc1. The van der Waals surface area contributed by atoms with Crippen LogP contribution in [0.1, 0.15) is 40.9 Å². The Labute approximate surface area is 157 Å². The average Bonchev–Trinajstić information content (AvgIpc) is 3.35. The van der Waals surface area contributed by atoms with Gasteiger partial charge in [-0.3, -0.25) is 9.59 Å². The summed E-state index contributed by atoms with van der Waals surface area (Å²) in [5.74, 6) is 0.110. The molecule has 5 nitrogen and oxygen atoms in total. The van der Waals surface area contributed by atoms with Crippen LogP contribution in [0.3, 0.4) is 0 Å². The molecule has 1 fully saturated rings. The van der Waals surface area contributed by atoms with Gasteiger partial charge in [-0.2, -0.15) is 0 Å². The standard InChI is InChI=1S/C20H22N2O3S/c1-25-16-10-8-14(9-11-16)19(23)22-18(13-17-7-4-12-26-17)20(24)21-15-5-2-3-6-15/h4,7-13,15H,2-3,5-6H2,1H3,(H,21,24)(H,22,23)/b18-13-. The van der Waals surface area contributed by atoms with Crippen molar-refractivity contribution in [1.82, 2.24) is 10.6 Å². The van der Waals surface area contributed by atoms with E-state index >= 15 is 0 Å². The monoisotopic (exact) mass is 370 g/mol. The van der Waals surface area contributed by atoms with Crippen molar-refractivity contribution in [3.8, 4) is 5.75 Å². The predicted molar refractivity (Wildman–Crippen MR) is 103 cm³/mol. The highest BCUT2D eigenvalue weighted by atomic mass is 32.1. The van der Waals surface area contributed by atoms with Crippen molar-refractivity contribution in [3.05, 3.63) is 57.9 Å². The predicted octanol–water partition coefficient (Wildman–Crippen LogP) is 3.59. The molecule has 0 aliphatic heterocycles. The number of ether oxygens (including phenoxy) is 1. The lowest BCUT2D eigenvalue weighted by Crippen LogP contribution is -2.39. The first-order valence-electron chi connectivity index (χ1n) is 8.67. The molecule has 2 N–H and O–H groups in total. The van der Waals surface area contributed by atoms with Crippen LogP contribution in [-0.2, 0) is 4.79 Å². The van der Waals surface area contributed by atoms with Crippen LogP contribution >= 0.6 is 11.3 Å². The molecule has 0 bridgehead atoms. The molecule has 0 spiro atoms. The molecule has 0 unspecified atom stereocenters. The third kappa shape index (κ3) is 4.73. The summed E-state index contributed by atoms with van der Waals surface area (Å²) in [4.78, 5) is 26.2. The van der Waals surface area contributed by atoms with Gasteiger partial charge in [-0.05, 0) is 54.6 Å². The van der Waals surface area contributed by atoms with Crippen LogP contribution in [0, 0.1) is 0 Å². The molecule has 3 rings (SSSR count). The highest BCUT2D eigenvalue weighted by Crippen LogP contribution is 2.19. The molecule has 1 aromatic heterocycles. The van der Waals surface area contributed by atoms with Gasteiger partial charge in [0, 0.05) is 16.5 Å². The molecule has 0 saturated heterocycles. The number of rotatable bonds is 6. The van der Waals surface area contributed by atoms with E-state index < -0.39 is 0 Å². The van der Waals surface area contributed by atoms with E-state index in [9.17, 15) is 9.59 Å². The zero-order valence-electron chi connectivity index (χ0n) is 14.7. The Bertz CT molecular complexity index is 776. The van der Waals surface area contributed by atoms with Gasteiger partial charge in [-0.15, -0.1) is 11.3 Å². The van der Waals surface area contributed by atoms with Gasteiger partial charge in [0.1, 0.15) is 11.4 Å². The number of nitrogens with one attached hydrogen (secondary N) is 2. The maximum atomic E-state index is 12.7. The fraction of sp³-hybridized carbons (Fsp3) is 0.300. The molecule has 1 aliphatic rings. The number of carbonyl (C=O) groups is 2. The van der Waals surface area contributed by atoms with Crippen LogP contribution in [0.15, 0.2) is 47.5 Å². The second-order valence-corrected chi connectivity index (χ2v) is 7.19. The fourth-order valence-corrected chi connectivity index (χ4v) is 3.60. The molecule has 6 heteroatoms. The van der Waals surface area contributed by atoms with E-state index in [0.717, 1.165) is 30.6 Å². The van der Waals surface area contributed by atoms with Crippen LogP contribution in [0.25, 0.3) is 6.08 Å². The molecule has 136 valence electrons. The first-order valence-corrected chi connectivity index (χ1v) is 9.55. The number of benzene rings is 1. The maximum absolute atomic E-state index is 12.7. The van der Waals surface area contributed by atoms with Crippen LogP contribution in [0.5, 0.6) is 5.75 Å². The van der Waals surface area contributed by atoms with E-state index in [-0.39, 0.29) is 23.6 Å². The molecule has 2 aromatic rings. The number of thiophene rings is 1. The number of methoxy groups -OCH3 is 1. The summed E-state index contributed by atoms with van der Waals surface area (Å²) in [5, 5.41) is 7.72. The van der Waals surface area contributed by atoms with Crippen molar-refractivity contribution in [2.24, 2.45) is 0 Å². The van der Waals surface area contributed by atoms with Crippen LogP contribution in [-0.4, -0.2) is 25.0 Å². The van der Waals surface area contributed by atoms with E-state index in [2.05, 4.69) is 10.6 Å². The summed E-state index contributed by atoms with van der Waals surface area (Å²) in [7, 11) is 1.57. The van der Waals surface area contributed by atoms with Gasteiger partial charge in [0.2, 0.25) is 0 Å². The van der Waals surface area contributed by atoms with Gasteiger partial charge in [0.15, 0.2) is 0 Å². The number of carbonyl (C=O) groups excluding carboxylic acids is 2. The van der Waals surface area contributed by atoms with Gasteiger partial charge in [0.25, 0.3) is 11.8 Å². The van der Waals surface area contributed by atoms with Gasteiger partial charge < -0.3 is 15.4 Å². The normalized spacial score (nSPS) is 14.9. The Balaban J connectivity index is 1.75. The number of amides is 2. The van der Waals surface area contributed by atoms with E-state index in [0.29, 0.717) is 11.3 Å². The smallest absolute Gasteiger partial charge is 0.268 e. The first-order chi connectivity index (χ1) is 12.7. The minimum atomic E-state index is -0.322. The molecule has 0 atom stereocenters. The van der Waals surface area contributed by atoms with Gasteiger partial charge in [-0.1, -0.05) is 18.9 Å². The Hall–Kier alpha value is -2.60. The minimum Gasteiger partial charge on any atom is -0.497 e. The first kappa shape index (κ1) is 18.2. The maximum Gasteiger partial charge on any atom is 0.268 e. The van der Waals surface area contributed by atoms with Gasteiger partial charge in [-0.25, -0.2) is 0 Å². The third-order valence-electron chi connectivity index (χ3n) is 4.37. The summed E-state index contributed by atoms with van der Waals surface area (Å²) >= 11 is 1.52. The summed E-state index contributed by atoms with van der Waals surface area (Å²) in [6, 6.07) is 10.8. The summed E-state index contributed by atoms with van der Waals surface area (Å²) < 4.78 is 5.11. The number of hydrogen-bond acceptors (Lipinski definition) is 4. The fourth-order valence-electron chi connectivity index (χ4n) is 2.94. The van der Waals surface area contributed by atoms with E-state index in [1.54, 1.807) is 37.5 Å². The quantitative estimate of drug-likeness (QED) is 0.764. The van der Waals surface area contributed by atoms with Crippen molar-refractivity contribution in [3.63, 3.8) is 0 Å². The van der Waals surface area contributed by atoms with Crippen molar-refractivity contribution >= 4 is 29.2 Å². The van der Waals surface area contributed by atoms with E-state index in [1.165, 1.54) is 11.3 Å². The summed E-state index contributed by atoms with van der Waals surface area (Å²) in [6.45, 7) is 0. The molecule has 2 amide bonds. The molecule has 0 radical (unpaired) electrons. The van der Waals surface area contributed by atoms with Crippen LogP contribution < -0.4 is 15.4 Å². The Morgan fingerprint density at radius 3 is 2.50 bits per heavy atom. The van der Waals surface area contributed by atoms with Crippen LogP contribution in [0.4, 0.5) is 0 Å². The zero-order chi connectivity index (χ0) is 18.4. The molecule has 1 heterocycles. The molecular formula is C20H22N2O3S. The van der Waals surface area contributed by atoms with E-state index in [4.69, 9.17) is 4.74 Å². The van der Waals surface area contributed by atoms with Crippen molar-refractivity contribution in [1.29, 1.82) is 0 Å². The van der Waals surface area contributed by atoms with Crippen molar-refractivity contribution in [2.45, 2.75) is 31.7 Å². The lowest BCUT2D eigenvalue weighted by Gasteiger charge is -2.15. The van der Waals surface area contributed by atoms with E-state index in [1.807, 2.05) is 17.5 Å². The van der Waals surface area contributed by atoms with Crippen LogP contribution in [0.2, 0.25) is 0 Å². The Kier molecular flexibility index (Phi) is 6.07. The minimum absolute atomic E-state index is 0.187. The van der Waals surface area contributed by atoms with Crippen molar-refractivity contribution < 1.29 is 14.3 Å². The Morgan fingerprint density at radius 2 is 1.88 bits per heavy atom. The molecule has 26 heavy (non-hydrogen) atoms.